The van der Waals surface area contributed by atoms with Crippen LogP contribution in [-0.2, 0) is 4.79 Å². The first-order valence-electron chi connectivity index (χ1n) is 12.4. The molecule has 0 spiro atoms. The van der Waals surface area contributed by atoms with Gasteiger partial charge in [0.25, 0.3) is 5.91 Å². The van der Waals surface area contributed by atoms with Gasteiger partial charge in [-0.05, 0) is 62.6 Å². The normalized spacial score (nSPS) is 14.6. The number of nitrogens with zero attached hydrogens (tertiary/aromatic N) is 2. The number of thiazole rings is 1. The Hall–Kier alpha value is -3.10. The molecule has 0 saturated heterocycles. The van der Waals surface area contributed by atoms with Crippen LogP contribution in [0.5, 0.6) is 11.5 Å². The molecule has 1 aromatic heterocycles. The molecule has 1 fully saturated rings. The number of hydrogen-bond donors (Lipinski definition) is 1. The van der Waals surface area contributed by atoms with Gasteiger partial charge in [0, 0.05) is 11.7 Å². The van der Waals surface area contributed by atoms with E-state index in [0.29, 0.717) is 38.3 Å². The summed E-state index contributed by atoms with van der Waals surface area (Å²) >= 11 is 7.81. The Bertz CT molecular complexity index is 1250. The number of carbonyl (C=O) groups excluding carboxylic acids is 2. The standard InChI is InChI=1S/C28H32ClN3O4S/c1-17-26(37-18(2)30-17)28(34)32(21-12-15-24(36-4)23(29)16-21)25(19-10-13-22(35-3)14-11-19)27(33)31-20-8-6-5-7-9-20/h10-16,20,25H,5-9H2,1-4H3,(H,31,33)/t25-/m1/s1. The van der Waals surface area contributed by atoms with Gasteiger partial charge in [-0.1, -0.05) is 43.0 Å². The molecule has 0 unspecified atom stereocenters. The van der Waals surface area contributed by atoms with Gasteiger partial charge in [0.05, 0.1) is 29.9 Å². The summed E-state index contributed by atoms with van der Waals surface area (Å²) in [4.78, 5) is 34.7. The number of hydrogen-bond acceptors (Lipinski definition) is 6. The third kappa shape index (κ3) is 6.08. The highest BCUT2D eigenvalue weighted by Gasteiger charge is 2.36. The third-order valence-corrected chi connectivity index (χ3v) is 7.98. The Morgan fingerprint density at radius 2 is 1.76 bits per heavy atom. The van der Waals surface area contributed by atoms with E-state index in [4.69, 9.17) is 21.1 Å². The lowest BCUT2D eigenvalue weighted by Gasteiger charge is -2.33. The summed E-state index contributed by atoms with van der Waals surface area (Å²) in [6.07, 6.45) is 5.18. The van der Waals surface area contributed by atoms with E-state index < -0.39 is 6.04 Å². The molecule has 1 N–H and O–H groups in total. The average molecular weight is 542 g/mol. The molecule has 1 saturated carbocycles. The Morgan fingerprint density at radius 3 is 2.32 bits per heavy atom. The maximum Gasteiger partial charge on any atom is 0.271 e. The summed E-state index contributed by atoms with van der Waals surface area (Å²) in [5.74, 6) is 0.588. The number of aryl methyl sites for hydroxylation is 2. The molecular weight excluding hydrogens is 510 g/mol. The first-order valence-corrected chi connectivity index (χ1v) is 13.6. The van der Waals surface area contributed by atoms with Crippen LogP contribution >= 0.6 is 22.9 Å². The number of nitrogens with one attached hydrogen (secondary N) is 1. The van der Waals surface area contributed by atoms with Gasteiger partial charge in [0.2, 0.25) is 5.91 Å². The largest absolute Gasteiger partial charge is 0.497 e. The van der Waals surface area contributed by atoms with Crippen molar-refractivity contribution in [3.05, 3.63) is 68.6 Å². The van der Waals surface area contributed by atoms with Gasteiger partial charge >= 0.3 is 0 Å². The van der Waals surface area contributed by atoms with Crippen LogP contribution in [0.25, 0.3) is 0 Å². The van der Waals surface area contributed by atoms with Crippen molar-refractivity contribution in [1.29, 1.82) is 0 Å². The Balaban J connectivity index is 1.85. The zero-order valence-electron chi connectivity index (χ0n) is 21.5. The maximum atomic E-state index is 14.2. The molecule has 1 heterocycles. The third-order valence-electron chi connectivity index (χ3n) is 6.62. The lowest BCUT2D eigenvalue weighted by molar-refractivity contribution is -0.123. The fourth-order valence-corrected chi connectivity index (χ4v) is 5.87. The highest BCUT2D eigenvalue weighted by Crippen LogP contribution is 2.36. The lowest BCUT2D eigenvalue weighted by Crippen LogP contribution is -2.47. The lowest BCUT2D eigenvalue weighted by atomic mass is 9.94. The van der Waals surface area contributed by atoms with Crippen LogP contribution in [-0.4, -0.2) is 37.1 Å². The van der Waals surface area contributed by atoms with Crippen LogP contribution < -0.4 is 19.7 Å². The number of rotatable bonds is 8. The van der Waals surface area contributed by atoms with Crippen LogP contribution in [0, 0.1) is 13.8 Å². The molecular formula is C28H32ClN3O4S. The van der Waals surface area contributed by atoms with Gasteiger partial charge < -0.3 is 14.8 Å². The van der Waals surface area contributed by atoms with E-state index in [2.05, 4.69) is 10.3 Å². The minimum atomic E-state index is -0.938. The maximum absolute atomic E-state index is 14.2. The van der Waals surface area contributed by atoms with E-state index in [1.807, 2.05) is 19.1 Å². The molecule has 1 atom stereocenters. The topological polar surface area (TPSA) is 80.8 Å². The van der Waals surface area contributed by atoms with Gasteiger partial charge in [-0.2, -0.15) is 0 Å². The molecule has 0 aliphatic heterocycles. The predicted molar refractivity (Wildman–Crippen MR) is 147 cm³/mol. The molecule has 37 heavy (non-hydrogen) atoms. The summed E-state index contributed by atoms with van der Waals surface area (Å²) < 4.78 is 10.7. The molecule has 0 radical (unpaired) electrons. The fourth-order valence-electron chi connectivity index (χ4n) is 4.76. The van der Waals surface area contributed by atoms with Gasteiger partial charge in [-0.15, -0.1) is 11.3 Å². The highest BCUT2D eigenvalue weighted by atomic mass is 35.5. The second-order valence-electron chi connectivity index (χ2n) is 9.16. The van der Waals surface area contributed by atoms with Gasteiger partial charge in [0.1, 0.15) is 22.4 Å². The molecule has 196 valence electrons. The first kappa shape index (κ1) is 26.9. The molecule has 2 amide bonds. The molecule has 1 aliphatic carbocycles. The second-order valence-corrected chi connectivity index (χ2v) is 10.8. The van der Waals surface area contributed by atoms with Crippen molar-refractivity contribution in [3.8, 4) is 11.5 Å². The summed E-state index contributed by atoms with van der Waals surface area (Å²) in [5.41, 5.74) is 1.77. The van der Waals surface area contributed by atoms with Crippen LogP contribution in [0.3, 0.4) is 0 Å². The average Bonchev–Trinajstić information content (AvgIpc) is 3.25. The fraction of sp³-hybridized carbons (Fsp3) is 0.393. The van der Waals surface area contributed by atoms with Gasteiger partial charge in [0.15, 0.2) is 0 Å². The van der Waals surface area contributed by atoms with Crippen molar-refractivity contribution in [2.45, 2.75) is 58.0 Å². The smallest absolute Gasteiger partial charge is 0.271 e. The number of benzene rings is 2. The SMILES string of the molecule is COc1ccc([C@H](C(=O)NC2CCCCC2)N(C(=O)c2sc(C)nc2C)c2ccc(OC)c(Cl)c2)cc1. The minimum Gasteiger partial charge on any atom is -0.497 e. The highest BCUT2D eigenvalue weighted by molar-refractivity contribution is 7.13. The van der Waals surface area contributed by atoms with Crippen molar-refractivity contribution in [2.75, 3.05) is 19.1 Å². The predicted octanol–water partition coefficient (Wildman–Crippen LogP) is 6.27. The zero-order chi connectivity index (χ0) is 26.5. The van der Waals surface area contributed by atoms with E-state index >= 15 is 0 Å². The van der Waals surface area contributed by atoms with E-state index in [9.17, 15) is 9.59 Å². The molecule has 4 rings (SSSR count). The van der Waals surface area contributed by atoms with Crippen molar-refractivity contribution < 1.29 is 19.1 Å². The van der Waals surface area contributed by atoms with Gasteiger partial charge in [-0.3, -0.25) is 14.5 Å². The molecule has 1 aliphatic rings. The molecule has 0 bridgehead atoms. The van der Waals surface area contributed by atoms with E-state index in [0.717, 1.165) is 30.7 Å². The number of amides is 2. The van der Waals surface area contributed by atoms with Crippen LogP contribution in [0.1, 0.15) is 64.1 Å². The van der Waals surface area contributed by atoms with Crippen molar-refractivity contribution in [3.63, 3.8) is 0 Å². The van der Waals surface area contributed by atoms with Crippen molar-refractivity contribution >= 4 is 40.4 Å². The summed E-state index contributed by atoms with van der Waals surface area (Å²) in [5, 5.41) is 4.35. The summed E-state index contributed by atoms with van der Waals surface area (Å²) in [6.45, 7) is 3.67. The quantitative estimate of drug-likeness (QED) is 0.363. The molecule has 9 heteroatoms. The molecule has 7 nitrogen and oxygen atoms in total. The van der Waals surface area contributed by atoms with Crippen molar-refractivity contribution in [1.82, 2.24) is 10.3 Å². The van der Waals surface area contributed by atoms with E-state index in [-0.39, 0.29) is 17.9 Å². The van der Waals surface area contributed by atoms with Crippen LogP contribution in [0.15, 0.2) is 42.5 Å². The number of methoxy groups -OCH3 is 2. The number of aromatic nitrogens is 1. The first-order chi connectivity index (χ1) is 17.8. The molecule has 2 aromatic carbocycles. The summed E-state index contributed by atoms with van der Waals surface area (Å²) in [7, 11) is 3.12. The van der Waals surface area contributed by atoms with E-state index in [1.54, 1.807) is 44.4 Å². The Kier molecular flexibility index (Phi) is 8.71. The Labute approximate surface area is 226 Å². The van der Waals surface area contributed by atoms with Crippen LogP contribution in [0.4, 0.5) is 5.69 Å². The number of anilines is 1. The number of carbonyl (C=O) groups is 2. The minimum absolute atomic E-state index is 0.0748. The number of ether oxygens (including phenoxy) is 2. The second kappa shape index (κ2) is 12.0. The zero-order valence-corrected chi connectivity index (χ0v) is 23.1. The summed E-state index contributed by atoms with van der Waals surface area (Å²) in [6, 6.07) is 11.5. The van der Waals surface area contributed by atoms with E-state index in [1.165, 1.54) is 29.8 Å². The number of halogens is 1. The Morgan fingerprint density at radius 1 is 1.05 bits per heavy atom. The monoisotopic (exact) mass is 541 g/mol. The van der Waals surface area contributed by atoms with Crippen molar-refractivity contribution in [2.24, 2.45) is 0 Å². The van der Waals surface area contributed by atoms with Gasteiger partial charge in [-0.25, -0.2) is 4.98 Å². The molecule has 3 aromatic rings. The van der Waals surface area contributed by atoms with Crippen LogP contribution in [0.2, 0.25) is 5.02 Å².